The van der Waals surface area contributed by atoms with E-state index in [9.17, 15) is 50.4 Å². The van der Waals surface area contributed by atoms with Crippen LogP contribution in [0.2, 0.25) is 0 Å². The topological polar surface area (TPSA) is 251 Å². The molecule has 4 unspecified atom stereocenters. The van der Waals surface area contributed by atoms with Gasteiger partial charge in [-0.3, -0.25) is 9.59 Å². The van der Waals surface area contributed by atoms with Crippen LogP contribution in [0.15, 0.2) is 23.8 Å². The summed E-state index contributed by atoms with van der Waals surface area (Å²) in [6.45, 7) is 2.77. The van der Waals surface area contributed by atoms with Crippen LogP contribution in [0.1, 0.15) is 59.3 Å². The van der Waals surface area contributed by atoms with Crippen LogP contribution in [0.4, 0.5) is 0 Å². The highest BCUT2D eigenvalue weighted by Crippen LogP contribution is 2.69. The fraction of sp³-hybridized carbons (Fsp3) is 0.838. The van der Waals surface area contributed by atoms with E-state index in [0.717, 1.165) is 12.0 Å². The van der Waals surface area contributed by atoms with E-state index in [2.05, 4.69) is 6.92 Å². The predicted octanol–water partition coefficient (Wildman–Crippen LogP) is -1.63. The lowest BCUT2D eigenvalue weighted by molar-refractivity contribution is -0.319. The van der Waals surface area contributed by atoms with Gasteiger partial charge >= 0.3 is 0 Å². The maximum absolute atomic E-state index is 14.8. The molecular formula is C37H54O16. The Morgan fingerprint density at radius 2 is 1.72 bits per heavy atom. The fourth-order valence-corrected chi connectivity index (χ4v) is 11.1. The number of ketones is 2. The van der Waals surface area contributed by atoms with Gasteiger partial charge in [0.05, 0.1) is 25.4 Å². The molecule has 4 aliphatic carbocycles. The van der Waals surface area contributed by atoms with E-state index >= 15 is 0 Å². The second kappa shape index (κ2) is 14.3. The van der Waals surface area contributed by atoms with Crippen molar-refractivity contribution in [3.8, 4) is 0 Å². The Morgan fingerprint density at radius 1 is 0.981 bits per heavy atom. The average Bonchev–Trinajstić information content (AvgIpc) is 3.72. The molecule has 3 heterocycles. The predicted molar refractivity (Wildman–Crippen MR) is 178 cm³/mol. The second-order valence-electron chi connectivity index (χ2n) is 16.4. The van der Waals surface area contributed by atoms with Crippen molar-refractivity contribution in [3.63, 3.8) is 0 Å². The van der Waals surface area contributed by atoms with Gasteiger partial charge < -0.3 is 69.3 Å². The number of fused-ring (bicyclic) bond motifs is 7. The number of aliphatic hydroxyl groups is 8. The van der Waals surface area contributed by atoms with Gasteiger partial charge in [-0.05, 0) is 56.1 Å². The first-order chi connectivity index (χ1) is 25.1. The van der Waals surface area contributed by atoms with Crippen molar-refractivity contribution in [2.24, 2.45) is 28.6 Å². The molecule has 16 heteroatoms. The molecule has 16 nitrogen and oxygen atoms in total. The summed E-state index contributed by atoms with van der Waals surface area (Å²) in [7, 11) is 0. The molecule has 7 aliphatic rings. The smallest absolute Gasteiger partial charge is 0.222 e. The lowest BCUT2D eigenvalue weighted by Gasteiger charge is -2.59. The Hall–Kier alpha value is -1.74. The first-order valence-electron chi connectivity index (χ1n) is 18.8. The molecule has 0 amide bonds. The number of hydrogen-bond acceptors (Lipinski definition) is 16. The van der Waals surface area contributed by atoms with E-state index in [1.807, 2.05) is 19.9 Å². The Balaban J connectivity index is 1.14. The maximum Gasteiger partial charge on any atom is 0.222 e. The van der Waals surface area contributed by atoms with Gasteiger partial charge in [0.1, 0.15) is 55.9 Å². The first-order valence-corrected chi connectivity index (χ1v) is 18.8. The summed E-state index contributed by atoms with van der Waals surface area (Å²) < 4.78 is 36.1. The summed E-state index contributed by atoms with van der Waals surface area (Å²) in [5.41, 5.74) is -2.01. The normalized spacial score (nSPS) is 51.8. The number of ether oxygens (including phenoxy) is 6. The number of aliphatic hydroxyl groups excluding tert-OH is 8. The van der Waals surface area contributed by atoms with Crippen molar-refractivity contribution >= 4 is 11.6 Å². The molecule has 7 rings (SSSR count). The molecule has 18 atom stereocenters. The van der Waals surface area contributed by atoms with E-state index < -0.39 is 122 Å². The third kappa shape index (κ3) is 5.87. The Kier molecular flexibility index (Phi) is 10.7. The largest absolute Gasteiger partial charge is 0.394 e. The van der Waals surface area contributed by atoms with Crippen LogP contribution in [0.5, 0.6) is 0 Å². The second-order valence-corrected chi connectivity index (χ2v) is 16.4. The Labute approximate surface area is 307 Å². The summed E-state index contributed by atoms with van der Waals surface area (Å²) >= 11 is 0. The van der Waals surface area contributed by atoms with Gasteiger partial charge in [-0.15, -0.1) is 0 Å². The molecule has 0 radical (unpaired) electrons. The number of carbonyl (C=O) groups is 2. The molecule has 3 aliphatic heterocycles. The average molecular weight is 755 g/mol. The highest BCUT2D eigenvalue weighted by molar-refractivity contribution is 6.01. The molecule has 0 aromatic carbocycles. The summed E-state index contributed by atoms with van der Waals surface area (Å²) in [4.78, 5) is 27.1. The fourth-order valence-electron chi connectivity index (χ4n) is 11.1. The minimum Gasteiger partial charge on any atom is -0.394 e. The van der Waals surface area contributed by atoms with E-state index in [-0.39, 0.29) is 30.0 Å². The van der Waals surface area contributed by atoms with Gasteiger partial charge in [-0.25, -0.2) is 0 Å². The minimum atomic E-state index is -2.31. The highest BCUT2D eigenvalue weighted by Gasteiger charge is 2.76. The van der Waals surface area contributed by atoms with Crippen molar-refractivity contribution in [1.29, 1.82) is 0 Å². The Bertz CT molecular complexity index is 1470. The van der Waals surface area contributed by atoms with Crippen LogP contribution < -0.4 is 0 Å². The molecule has 0 bridgehead atoms. The number of Topliss-reactive ketones (excluding diaryl/α,β-unsaturated/α-hetero) is 1. The minimum absolute atomic E-state index is 0.0221. The number of carbonyl (C=O) groups excluding carboxylic acids is 2. The van der Waals surface area contributed by atoms with Gasteiger partial charge in [-0.2, -0.15) is 0 Å². The molecule has 3 saturated carbocycles. The zero-order valence-electron chi connectivity index (χ0n) is 30.2. The van der Waals surface area contributed by atoms with Crippen molar-refractivity contribution in [2.45, 2.75) is 138 Å². The molecular weight excluding hydrogens is 700 g/mol. The molecule has 53 heavy (non-hydrogen) atoms. The van der Waals surface area contributed by atoms with Crippen LogP contribution in [-0.2, 0) is 38.0 Å². The van der Waals surface area contributed by atoms with Crippen LogP contribution >= 0.6 is 0 Å². The van der Waals surface area contributed by atoms with Gasteiger partial charge in [0.15, 0.2) is 29.7 Å². The summed E-state index contributed by atoms with van der Waals surface area (Å²) in [5.74, 6) is -3.24. The molecule has 6 fully saturated rings. The third-order valence-corrected chi connectivity index (χ3v) is 13.7. The van der Waals surface area contributed by atoms with Crippen LogP contribution in [0.25, 0.3) is 0 Å². The SMILES string of the molecule is CCCC1O[C@@H]2C[C@H]3[C@@H]4CCC5=CC(=O)C=C[C@]5(C)[C@H]4[C@@H](O)C[C@]3(C)[C@]2(C(=O)CO[C@]2(CO)O[C@H](CO)C(O[C@@H]3OC(CO)[C@H](O)[C@@H](O)C3O)[C@H]2O)O1. The standard InChI is InChI=1S/C37H54O16/c1-4-5-26-50-25-11-20-19-7-6-17-10-18(41)8-9-34(17,2)27(19)21(42)12-35(20,3)37(25,53-26)24(43)15-48-36(16-40)32(47)31(23(14-39)52-36)51-33-30(46)29(45)28(44)22(13-38)49-33/h8-10,19-23,25-33,38-40,42,44-47H,4-7,11-16H2,1-3H3/t19-,20-,21-,22?,23+,25+,26?,27+,28-,29+,30?,31?,32+,33-,34-,35-,36+,37+/m0/s1. The lowest BCUT2D eigenvalue weighted by Crippen LogP contribution is -2.64. The van der Waals surface area contributed by atoms with E-state index in [1.165, 1.54) is 0 Å². The molecule has 0 aromatic heterocycles. The number of allylic oxidation sites excluding steroid dienone is 4. The van der Waals surface area contributed by atoms with E-state index in [4.69, 9.17) is 28.4 Å². The highest BCUT2D eigenvalue weighted by atomic mass is 16.8. The van der Waals surface area contributed by atoms with Gasteiger partial charge in [0, 0.05) is 16.7 Å². The monoisotopic (exact) mass is 754 g/mol. The summed E-state index contributed by atoms with van der Waals surface area (Å²) in [6, 6.07) is 0. The first kappa shape index (κ1) is 39.5. The van der Waals surface area contributed by atoms with Crippen molar-refractivity contribution in [2.75, 3.05) is 26.4 Å². The molecule has 0 aromatic rings. The third-order valence-electron chi connectivity index (χ3n) is 13.7. The van der Waals surface area contributed by atoms with Crippen molar-refractivity contribution in [3.05, 3.63) is 23.8 Å². The van der Waals surface area contributed by atoms with Crippen molar-refractivity contribution in [1.82, 2.24) is 0 Å². The molecule has 8 N–H and O–H groups in total. The summed E-state index contributed by atoms with van der Waals surface area (Å²) in [5, 5.41) is 84.8. The van der Waals surface area contributed by atoms with Gasteiger partial charge in [0.2, 0.25) is 5.79 Å². The maximum atomic E-state index is 14.8. The molecule has 298 valence electrons. The van der Waals surface area contributed by atoms with Crippen LogP contribution in [0.3, 0.4) is 0 Å². The van der Waals surface area contributed by atoms with Crippen LogP contribution in [0, 0.1) is 28.6 Å². The lowest BCUT2D eigenvalue weighted by atomic mass is 9.46. The summed E-state index contributed by atoms with van der Waals surface area (Å²) in [6.07, 6.45) is -6.83. The van der Waals surface area contributed by atoms with Gasteiger partial charge in [-0.1, -0.05) is 38.8 Å². The quantitative estimate of drug-likeness (QED) is 0.118. The number of rotatable bonds is 11. The van der Waals surface area contributed by atoms with Crippen LogP contribution in [-0.4, -0.2) is 158 Å². The van der Waals surface area contributed by atoms with E-state index in [0.29, 0.717) is 25.7 Å². The molecule has 0 spiro atoms. The Morgan fingerprint density at radius 3 is 2.40 bits per heavy atom. The zero-order chi connectivity index (χ0) is 38.2. The zero-order valence-corrected chi connectivity index (χ0v) is 30.2. The number of hydrogen-bond donors (Lipinski definition) is 8. The van der Waals surface area contributed by atoms with Crippen molar-refractivity contribution < 1.29 is 78.9 Å². The van der Waals surface area contributed by atoms with Gasteiger partial charge in [0.25, 0.3) is 0 Å². The van der Waals surface area contributed by atoms with E-state index in [1.54, 1.807) is 12.2 Å². The molecule has 3 saturated heterocycles.